The summed E-state index contributed by atoms with van der Waals surface area (Å²) in [5.74, 6) is -0.405. The van der Waals surface area contributed by atoms with Gasteiger partial charge in [0.05, 0.1) is 23.7 Å². The van der Waals surface area contributed by atoms with Crippen LogP contribution in [0.3, 0.4) is 0 Å². The quantitative estimate of drug-likeness (QED) is 0.608. The molecule has 1 aliphatic heterocycles. The van der Waals surface area contributed by atoms with E-state index < -0.39 is 23.4 Å². The number of hydrazone groups is 1. The van der Waals surface area contributed by atoms with Crippen LogP contribution in [-0.4, -0.2) is 53.8 Å². The molecule has 0 amide bonds. The Kier molecular flexibility index (Phi) is 4.64. The number of aliphatic imine (C=N–C) groups is 1. The molecule has 0 fully saturated rings. The minimum absolute atomic E-state index is 0.0141. The van der Waals surface area contributed by atoms with Gasteiger partial charge in [0.15, 0.2) is 11.5 Å². The Hall–Kier alpha value is -2.82. The summed E-state index contributed by atoms with van der Waals surface area (Å²) in [5.41, 5.74) is 9.59. The van der Waals surface area contributed by atoms with Gasteiger partial charge in [-0.05, 0) is 6.07 Å². The first-order chi connectivity index (χ1) is 11.1. The number of aliphatic hydroxyl groups is 1. The highest BCUT2D eigenvalue weighted by Crippen LogP contribution is 2.34. The van der Waals surface area contributed by atoms with Crippen LogP contribution in [0.4, 0.5) is 30.2 Å². The normalized spacial score (nSPS) is 16.7. The van der Waals surface area contributed by atoms with E-state index in [-0.39, 0.29) is 36.0 Å². The number of hydrogen-bond acceptors (Lipinski definition) is 7. The average molecular weight is 344 g/mol. The zero-order valence-corrected chi connectivity index (χ0v) is 12.6. The molecule has 0 unspecified atom stereocenters. The predicted octanol–water partition coefficient (Wildman–Crippen LogP) is 1.14. The van der Waals surface area contributed by atoms with E-state index in [9.17, 15) is 13.2 Å². The van der Waals surface area contributed by atoms with Crippen LogP contribution in [0.1, 0.15) is 0 Å². The molecule has 0 aromatic heterocycles. The molecule has 11 heteroatoms. The molecule has 8 nitrogen and oxygen atoms in total. The first-order valence-corrected chi connectivity index (χ1v) is 6.65. The van der Waals surface area contributed by atoms with E-state index in [1.165, 1.54) is 19.2 Å². The number of halogens is 3. The number of nitrogens with zero attached hydrogens (tertiary/aromatic N) is 3. The maximum absolute atomic E-state index is 13.0. The predicted molar refractivity (Wildman–Crippen MR) is 83.9 cm³/mol. The molecule has 1 heterocycles. The maximum Gasteiger partial charge on any atom is 0.437 e. The molecule has 130 valence electrons. The number of anilines is 2. The number of alkyl halides is 3. The van der Waals surface area contributed by atoms with Gasteiger partial charge in [-0.2, -0.15) is 18.3 Å². The summed E-state index contributed by atoms with van der Waals surface area (Å²) in [4.78, 5) is 3.82. The van der Waals surface area contributed by atoms with Gasteiger partial charge in [0, 0.05) is 13.1 Å². The largest absolute Gasteiger partial charge is 0.489 e. The Morgan fingerprint density at radius 2 is 2.00 bits per heavy atom. The average Bonchev–Trinajstić information content (AvgIpc) is 2.77. The van der Waals surface area contributed by atoms with Gasteiger partial charge in [-0.25, -0.2) is 10.0 Å². The first-order valence-electron chi connectivity index (χ1n) is 6.65. The van der Waals surface area contributed by atoms with E-state index in [1.807, 2.05) is 0 Å². The van der Waals surface area contributed by atoms with E-state index in [4.69, 9.17) is 26.7 Å². The van der Waals surface area contributed by atoms with E-state index >= 15 is 0 Å². The third kappa shape index (κ3) is 3.40. The van der Waals surface area contributed by atoms with Crippen molar-refractivity contribution in [2.24, 2.45) is 10.1 Å². The molecule has 0 aliphatic carbocycles. The van der Waals surface area contributed by atoms with E-state index in [0.717, 1.165) is 5.01 Å². The highest BCUT2D eigenvalue weighted by Gasteiger charge is 2.45. The second-order valence-electron chi connectivity index (χ2n) is 4.80. The molecule has 1 aliphatic rings. The number of nitrogens with two attached hydrogens (primary N) is 2. The molecule has 6 N–H and O–H groups in total. The van der Waals surface area contributed by atoms with Crippen LogP contribution < -0.4 is 16.2 Å². The van der Waals surface area contributed by atoms with Crippen LogP contribution in [0.2, 0.25) is 0 Å². The second kappa shape index (κ2) is 6.35. The summed E-state index contributed by atoms with van der Waals surface area (Å²) < 4.78 is 44.3. The summed E-state index contributed by atoms with van der Waals surface area (Å²) in [5, 5.41) is 20.5. The molecule has 0 atom stereocenters. The van der Waals surface area contributed by atoms with E-state index in [1.54, 1.807) is 0 Å². The van der Waals surface area contributed by atoms with Crippen LogP contribution in [0.5, 0.6) is 5.75 Å². The molecule has 1 aromatic carbocycles. The molecule has 1 aromatic rings. The lowest BCUT2D eigenvalue weighted by atomic mass is 10.2. The van der Waals surface area contributed by atoms with Gasteiger partial charge in [-0.15, -0.1) is 0 Å². The smallest absolute Gasteiger partial charge is 0.437 e. The molecule has 0 bridgehead atoms. The van der Waals surface area contributed by atoms with Gasteiger partial charge in [0.25, 0.3) is 0 Å². The molecule has 24 heavy (non-hydrogen) atoms. The van der Waals surface area contributed by atoms with E-state index in [2.05, 4.69) is 10.1 Å². The molecular weight excluding hydrogens is 329 g/mol. The second-order valence-corrected chi connectivity index (χ2v) is 4.80. The van der Waals surface area contributed by atoms with Gasteiger partial charge < -0.3 is 21.3 Å². The Labute approximate surface area is 134 Å². The van der Waals surface area contributed by atoms with Crippen molar-refractivity contribution in [2.75, 3.05) is 31.7 Å². The van der Waals surface area contributed by atoms with Gasteiger partial charge in [0.1, 0.15) is 18.1 Å². The van der Waals surface area contributed by atoms with E-state index in [0.29, 0.717) is 0 Å². The number of hydrogen-bond donors (Lipinski definition) is 4. The van der Waals surface area contributed by atoms with Crippen molar-refractivity contribution < 1.29 is 23.0 Å². The SMILES string of the molecule is CN1N=C(C(F)(F)F)C(=Nc2cc(OCCO)c(N)cc2N)C1=N. The van der Waals surface area contributed by atoms with Crippen molar-refractivity contribution in [3.63, 3.8) is 0 Å². The number of nitrogen functional groups attached to an aromatic ring is 2. The van der Waals surface area contributed by atoms with Crippen LogP contribution in [0, 0.1) is 5.41 Å². The molecule has 0 saturated carbocycles. The zero-order valence-electron chi connectivity index (χ0n) is 12.6. The van der Waals surface area contributed by atoms with Crippen LogP contribution in [-0.2, 0) is 0 Å². The number of aliphatic hydroxyl groups excluding tert-OH is 1. The molecule has 2 rings (SSSR count). The van der Waals surface area contributed by atoms with Crippen molar-refractivity contribution in [1.29, 1.82) is 5.41 Å². The summed E-state index contributed by atoms with van der Waals surface area (Å²) >= 11 is 0. The molecule has 0 spiro atoms. The maximum atomic E-state index is 13.0. The number of amidine groups is 1. The Morgan fingerprint density at radius 3 is 2.58 bits per heavy atom. The fraction of sp³-hybridized carbons (Fsp3) is 0.308. The molecular formula is C13H15F3N6O2. The molecule has 0 radical (unpaired) electrons. The lowest BCUT2D eigenvalue weighted by Gasteiger charge is -2.11. The standard InChI is InChI=1S/C13H15F3N6O2/c1-22-12(19)10(11(21-22)13(14,15)16)20-8-5-9(24-3-2-23)7(18)4-6(8)17/h4-5,19,23H,2-3,17-18H2,1H3. The number of ether oxygens (including phenoxy) is 1. The number of benzene rings is 1. The van der Waals surface area contributed by atoms with Crippen LogP contribution >= 0.6 is 0 Å². The van der Waals surface area contributed by atoms with Crippen LogP contribution in [0.15, 0.2) is 22.2 Å². The lowest BCUT2D eigenvalue weighted by Crippen LogP contribution is -2.32. The Morgan fingerprint density at radius 1 is 1.33 bits per heavy atom. The fourth-order valence-corrected chi connectivity index (χ4v) is 1.91. The van der Waals surface area contributed by atoms with Crippen molar-refractivity contribution in [2.45, 2.75) is 6.18 Å². The van der Waals surface area contributed by atoms with Gasteiger partial charge >= 0.3 is 6.18 Å². The number of rotatable bonds is 4. The van der Waals surface area contributed by atoms with Crippen molar-refractivity contribution in [1.82, 2.24) is 5.01 Å². The van der Waals surface area contributed by atoms with Crippen LogP contribution in [0.25, 0.3) is 0 Å². The zero-order chi connectivity index (χ0) is 18.1. The van der Waals surface area contributed by atoms with Gasteiger partial charge in [-0.1, -0.05) is 0 Å². The van der Waals surface area contributed by atoms with Gasteiger partial charge in [0.2, 0.25) is 0 Å². The van der Waals surface area contributed by atoms with Gasteiger partial charge in [-0.3, -0.25) is 5.41 Å². The van der Waals surface area contributed by atoms with Crippen molar-refractivity contribution in [3.05, 3.63) is 12.1 Å². The van der Waals surface area contributed by atoms with Crippen molar-refractivity contribution in [3.8, 4) is 5.75 Å². The summed E-state index contributed by atoms with van der Waals surface area (Å²) in [6.07, 6.45) is -4.77. The first kappa shape index (κ1) is 17.5. The summed E-state index contributed by atoms with van der Waals surface area (Å²) in [7, 11) is 1.21. The summed E-state index contributed by atoms with van der Waals surface area (Å²) in [6, 6.07) is 2.52. The summed E-state index contributed by atoms with van der Waals surface area (Å²) in [6.45, 7) is -0.327. The molecule has 0 saturated heterocycles. The lowest BCUT2D eigenvalue weighted by molar-refractivity contribution is -0.0570. The topological polar surface area (TPSA) is 133 Å². The third-order valence-electron chi connectivity index (χ3n) is 3.03. The highest BCUT2D eigenvalue weighted by molar-refractivity contribution is 6.70. The monoisotopic (exact) mass is 344 g/mol. The third-order valence-corrected chi connectivity index (χ3v) is 3.03. The van der Waals surface area contributed by atoms with Crippen molar-refractivity contribution >= 4 is 34.3 Å². The highest BCUT2D eigenvalue weighted by atomic mass is 19.4. The Balaban J connectivity index is 2.49. The minimum atomic E-state index is -4.77. The Bertz CT molecular complexity index is 729. The minimum Gasteiger partial charge on any atom is -0.489 e. The fourth-order valence-electron chi connectivity index (χ4n) is 1.91. The number of nitrogens with one attached hydrogen (secondary N) is 1.